The van der Waals surface area contributed by atoms with Crippen LogP contribution in [0, 0.1) is 0 Å². The van der Waals surface area contributed by atoms with Gasteiger partial charge in [0.1, 0.15) is 19.3 Å². The van der Waals surface area contributed by atoms with Gasteiger partial charge >= 0.3 is 0 Å². The van der Waals surface area contributed by atoms with E-state index < -0.39 is 6.10 Å². The van der Waals surface area contributed by atoms with Gasteiger partial charge in [0.05, 0.1) is 0 Å². The summed E-state index contributed by atoms with van der Waals surface area (Å²) in [5.74, 6) is 1.11. The zero-order chi connectivity index (χ0) is 14.5. The molecule has 110 valence electrons. The summed E-state index contributed by atoms with van der Waals surface area (Å²) in [6.45, 7) is 1.50. The number of amides is 1. The van der Waals surface area contributed by atoms with Crippen molar-refractivity contribution < 1.29 is 14.3 Å². The summed E-state index contributed by atoms with van der Waals surface area (Å²) >= 11 is 0. The van der Waals surface area contributed by atoms with Crippen LogP contribution in [0.4, 0.5) is 0 Å². The number of aryl methyl sites for hydroxylation is 1. The fourth-order valence-corrected chi connectivity index (χ4v) is 2.06. The summed E-state index contributed by atoms with van der Waals surface area (Å²) in [5.41, 5.74) is 0. The Morgan fingerprint density at radius 3 is 3.05 bits per heavy atom. The normalized spacial score (nSPS) is 16.5. The molecule has 1 atom stereocenters. The number of fused-ring (bicyclic) bond motifs is 1. The van der Waals surface area contributed by atoms with Crippen LogP contribution >= 0.6 is 0 Å². The fourth-order valence-electron chi connectivity index (χ4n) is 2.06. The molecule has 7 heteroatoms. The Morgan fingerprint density at radius 1 is 1.38 bits per heavy atom. The van der Waals surface area contributed by atoms with Crippen molar-refractivity contribution in [3.63, 3.8) is 0 Å². The van der Waals surface area contributed by atoms with E-state index >= 15 is 0 Å². The zero-order valence-corrected chi connectivity index (χ0v) is 11.4. The van der Waals surface area contributed by atoms with Gasteiger partial charge in [-0.3, -0.25) is 9.48 Å². The van der Waals surface area contributed by atoms with Crippen molar-refractivity contribution in [2.45, 2.75) is 19.1 Å². The third kappa shape index (κ3) is 3.31. The molecule has 7 nitrogen and oxygen atoms in total. The average molecular weight is 288 g/mol. The molecule has 1 N–H and O–H groups in total. The van der Waals surface area contributed by atoms with Crippen LogP contribution in [0.25, 0.3) is 0 Å². The van der Waals surface area contributed by atoms with E-state index in [2.05, 4.69) is 15.4 Å². The van der Waals surface area contributed by atoms with E-state index in [0.717, 1.165) is 6.42 Å². The standard InChI is InChI=1S/C14H16N4O3/c19-14(16-6-3-7-18-10-15-9-17-18)13-8-20-11-4-1-2-5-12(11)21-13/h1-2,4-5,9-10,13H,3,6-8H2,(H,16,19)/t13-/m0/s1. The largest absolute Gasteiger partial charge is 0.485 e. The molecule has 1 aliphatic heterocycles. The van der Waals surface area contributed by atoms with Gasteiger partial charge in [0.2, 0.25) is 6.10 Å². The SMILES string of the molecule is O=C(NCCCn1cncn1)[C@@H]1COc2ccccc2O1. The maximum absolute atomic E-state index is 12.0. The Bertz CT molecular complexity index is 600. The van der Waals surface area contributed by atoms with Gasteiger partial charge in [-0.15, -0.1) is 0 Å². The highest BCUT2D eigenvalue weighted by molar-refractivity contribution is 5.81. The Hall–Kier alpha value is -2.57. The summed E-state index contributed by atoms with van der Waals surface area (Å²) in [4.78, 5) is 15.9. The average Bonchev–Trinajstić information content (AvgIpc) is 3.04. The van der Waals surface area contributed by atoms with Crippen molar-refractivity contribution in [2.75, 3.05) is 13.2 Å². The smallest absolute Gasteiger partial charge is 0.264 e. The number of para-hydroxylation sites is 2. The van der Waals surface area contributed by atoms with Crippen LogP contribution < -0.4 is 14.8 Å². The monoisotopic (exact) mass is 288 g/mol. The van der Waals surface area contributed by atoms with Crippen LogP contribution in [0.3, 0.4) is 0 Å². The minimum atomic E-state index is -0.605. The molecule has 0 bridgehead atoms. The second kappa shape index (κ2) is 6.25. The van der Waals surface area contributed by atoms with Crippen LogP contribution in [-0.2, 0) is 11.3 Å². The lowest BCUT2D eigenvalue weighted by atomic mass is 10.2. The van der Waals surface area contributed by atoms with E-state index in [9.17, 15) is 4.79 Å². The summed E-state index contributed by atoms with van der Waals surface area (Å²) in [6, 6.07) is 7.33. The summed E-state index contributed by atoms with van der Waals surface area (Å²) in [5, 5.41) is 6.84. The number of ether oxygens (including phenoxy) is 2. The highest BCUT2D eigenvalue weighted by atomic mass is 16.6. The predicted molar refractivity (Wildman–Crippen MR) is 74.0 cm³/mol. The van der Waals surface area contributed by atoms with Crippen LogP contribution in [0.2, 0.25) is 0 Å². The lowest BCUT2D eigenvalue weighted by molar-refractivity contribution is -0.130. The first-order chi connectivity index (χ1) is 10.3. The second-order valence-corrected chi connectivity index (χ2v) is 4.67. The van der Waals surface area contributed by atoms with Gasteiger partial charge in [-0.1, -0.05) is 12.1 Å². The number of nitrogens with zero attached hydrogens (tertiary/aromatic N) is 3. The van der Waals surface area contributed by atoms with Crippen molar-refractivity contribution in [3.05, 3.63) is 36.9 Å². The van der Waals surface area contributed by atoms with Crippen LogP contribution in [0.5, 0.6) is 11.5 Å². The molecular formula is C14H16N4O3. The van der Waals surface area contributed by atoms with Gasteiger partial charge in [0.15, 0.2) is 11.5 Å². The first-order valence-electron chi connectivity index (χ1n) is 6.81. The van der Waals surface area contributed by atoms with Gasteiger partial charge in [-0.2, -0.15) is 5.10 Å². The molecule has 3 rings (SSSR count). The zero-order valence-electron chi connectivity index (χ0n) is 11.4. The number of hydrogen-bond donors (Lipinski definition) is 1. The minimum absolute atomic E-state index is 0.164. The molecular weight excluding hydrogens is 272 g/mol. The number of carbonyl (C=O) groups is 1. The molecule has 0 saturated heterocycles. The Kier molecular flexibility index (Phi) is 3.99. The first-order valence-corrected chi connectivity index (χ1v) is 6.81. The molecule has 1 aromatic heterocycles. The molecule has 0 fully saturated rings. The number of rotatable bonds is 5. The van der Waals surface area contributed by atoms with Crippen LogP contribution in [0.1, 0.15) is 6.42 Å². The van der Waals surface area contributed by atoms with E-state index in [4.69, 9.17) is 9.47 Å². The Labute approximate surface area is 121 Å². The van der Waals surface area contributed by atoms with Crippen molar-refractivity contribution in [2.24, 2.45) is 0 Å². The van der Waals surface area contributed by atoms with E-state index in [1.165, 1.54) is 6.33 Å². The fraction of sp³-hybridized carbons (Fsp3) is 0.357. The lowest BCUT2D eigenvalue weighted by Crippen LogP contribution is -2.44. The highest BCUT2D eigenvalue weighted by Crippen LogP contribution is 2.30. The molecule has 0 spiro atoms. The van der Waals surface area contributed by atoms with Gasteiger partial charge < -0.3 is 14.8 Å². The molecule has 21 heavy (non-hydrogen) atoms. The first kappa shape index (κ1) is 13.4. The highest BCUT2D eigenvalue weighted by Gasteiger charge is 2.26. The molecule has 1 aromatic carbocycles. The van der Waals surface area contributed by atoms with Gasteiger partial charge in [-0.05, 0) is 18.6 Å². The van der Waals surface area contributed by atoms with E-state index in [0.29, 0.717) is 24.6 Å². The number of benzene rings is 1. The van der Waals surface area contributed by atoms with E-state index in [1.807, 2.05) is 18.2 Å². The molecule has 2 aromatic rings. The van der Waals surface area contributed by atoms with Gasteiger partial charge in [0.25, 0.3) is 5.91 Å². The summed E-state index contributed by atoms with van der Waals surface area (Å²) in [6.07, 6.45) is 3.31. The van der Waals surface area contributed by atoms with Crippen molar-refractivity contribution >= 4 is 5.91 Å². The maximum Gasteiger partial charge on any atom is 0.264 e. The molecule has 1 amide bonds. The van der Waals surface area contributed by atoms with Crippen molar-refractivity contribution in [3.8, 4) is 11.5 Å². The molecule has 0 radical (unpaired) electrons. The van der Waals surface area contributed by atoms with E-state index in [-0.39, 0.29) is 12.5 Å². The van der Waals surface area contributed by atoms with Crippen LogP contribution in [0.15, 0.2) is 36.9 Å². The second-order valence-electron chi connectivity index (χ2n) is 4.67. The third-order valence-corrected chi connectivity index (χ3v) is 3.13. The topological polar surface area (TPSA) is 78.3 Å². The predicted octanol–water partition coefficient (Wildman–Crippen LogP) is 0.624. The molecule has 0 aliphatic carbocycles. The minimum Gasteiger partial charge on any atom is -0.485 e. The molecule has 0 saturated carbocycles. The maximum atomic E-state index is 12.0. The van der Waals surface area contributed by atoms with Gasteiger partial charge in [0, 0.05) is 13.1 Å². The van der Waals surface area contributed by atoms with Crippen molar-refractivity contribution in [1.82, 2.24) is 20.1 Å². The molecule has 0 unspecified atom stereocenters. The van der Waals surface area contributed by atoms with Crippen molar-refractivity contribution in [1.29, 1.82) is 0 Å². The number of aromatic nitrogens is 3. The number of carbonyl (C=O) groups excluding carboxylic acids is 1. The molecule has 1 aliphatic rings. The Morgan fingerprint density at radius 2 is 2.24 bits per heavy atom. The van der Waals surface area contributed by atoms with Crippen LogP contribution in [-0.4, -0.2) is 39.9 Å². The van der Waals surface area contributed by atoms with E-state index in [1.54, 1.807) is 17.1 Å². The molecule has 2 heterocycles. The van der Waals surface area contributed by atoms with Gasteiger partial charge in [-0.25, -0.2) is 4.98 Å². The summed E-state index contributed by atoms with van der Waals surface area (Å²) in [7, 11) is 0. The third-order valence-electron chi connectivity index (χ3n) is 3.13. The summed E-state index contributed by atoms with van der Waals surface area (Å²) < 4.78 is 12.9. The number of hydrogen-bond acceptors (Lipinski definition) is 5. The quantitative estimate of drug-likeness (QED) is 0.816. The number of nitrogens with one attached hydrogen (secondary N) is 1. The Balaban J connectivity index is 1.44. The lowest BCUT2D eigenvalue weighted by Gasteiger charge is -2.25.